The zero-order valence-electron chi connectivity index (χ0n) is 14.2. The fourth-order valence-electron chi connectivity index (χ4n) is 3.02. The first kappa shape index (κ1) is 17.1. The van der Waals surface area contributed by atoms with Crippen molar-refractivity contribution in [3.8, 4) is 0 Å². The molecular formula is C20H21FN2O2. The molecule has 0 unspecified atom stereocenters. The Labute approximate surface area is 146 Å². The van der Waals surface area contributed by atoms with Gasteiger partial charge in [-0.05, 0) is 42.3 Å². The fraction of sp³-hybridized carbons (Fsp3) is 0.300. The number of piperazine rings is 1. The van der Waals surface area contributed by atoms with Crippen molar-refractivity contribution in [3.05, 3.63) is 71.0 Å². The number of halogens is 1. The van der Waals surface area contributed by atoms with Crippen molar-refractivity contribution < 1.29 is 14.0 Å². The Hall–Kier alpha value is -2.69. The molecule has 0 spiro atoms. The molecular weight excluding hydrogens is 319 g/mol. The molecule has 1 saturated heterocycles. The standard InChI is InChI=1S/C20H21FN2O2/c1-15-4-2-3-5-17(15)14-19(24)22-10-12-23(13-11-22)20(25)16-6-8-18(21)9-7-16/h2-9H,10-14H2,1H3. The van der Waals surface area contributed by atoms with Gasteiger partial charge in [0, 0.05) is 31.7 Å². The molecule has 2 amide bonds. The maximum atomic E-state index is 13.0. The van der Waals surface area contributed by atoms with Crippen molar-refractivity contribution in [3.63, 3.8) is 0 Å². The van der Waals surface area contributed by atoms with Crippen LogP contribution in [0.25, 0.3) is 0 Å². The predicted molar refractivity (Wildman–Crippen MR) is 93.8 cm³/mol. The Bertz CT molecular complexity index is 766. The van der Waals surface area contributed by atoms with Gasteiger partial charge in [-0.3, -0.25) is 9.59 Å². The molecule has 1 heterocycles. The summed E-state index contributed by atoms with van der Waals surface area (Å²) in [5, 5.41) is 0. The molecule has 4 nitrogen and oxygen atoms in total. The van der Waals surface area contributed by atoms with E-state index in [1.54, 1.807) is 9.80 Å². The third-order valence-corrected chi connectivity index (χ3v) is 4.61. The van der Waals surface area contributed by atoms with Crippen LogP contribution in [0.3, 0.4) is 0 Å². The molecule has 1 aliphatic heterocycles. The highest BCUT2D eigenvalue weighted by Gasteiger charge is 2.25. The van der Waals surface area contributed by atoms with Crippen LogP contribution in [0.2, 0.25) is 0 Å². The number of hydrogen-bond acceptors (Lipinski definition) is 2. The molecule has 0 aliphatic carbocycles. The molecule has 1 aliphatic rings. The second-order valence-corrected chi connectivity index (χ2v) is 6.28. The lowest BCUT2D eigenvalue weighted by Crippen LogP contribution is -2.51. The van der Waals surface area contributed by atoms with Crippen LogP contribution >= 0.6 is 0 Å². The number of nitrogens with zero attached hydrogens (tertiary/aromatic N) is 2. The minimum absolute atomic E-state index is 0.0863. The molecule has 1 fully saturated rings. The van der Waals surface area contributed by atoms with E-state index in [9.17, 15) is 14.0 Å². The number of rotatable bonds is 3. The summed E-state index contributed by atoms with van der Waals surface area (Å²) in [5.41, 5.74) is 2.62. The molecule has 0 aromatic heterocycles. The van der Waals surface area contributed by atoms with Gasteiger partial charge in [0.2, 0.25) is 5.91 Å². The van der Waals surface area contributed by atoms with Gasteiger partial charge in [0.05, 0.1) is 6.42 Å². The summed E-state index contributed by atoms with van der Waals surface area (Å²) in [7, 11) is 0. The van der Waals surface area contributed by atoms with Gasteiger partial charge >= 0.3 is 0 Å². The van der Waals surface area contributed by atoms with Crippen molar-refractivity contribution in [2.24, 2.45) is 0 Å². The number of benzene rings is 2. The number of hydrogen-bond donors (Lipinski definition) is 0. The number of carbonyl (C=O) groups excluding carboxylic acids is 2. The smallest absolute Gasteiger partial charge is 0.253 e. The highest BCUT2D eigenvalue weighted by atomic mass is 19.1. The van der Waals surface area contributed by atoms with E-state index in [4.69, 9.17) is 0 Å². The fourth-order valence-corrected chi connectivity index (χ4v) is 3.02. The van der Waals surface area contributed by atoms with Crippen molar-refractivity contribution in [1.82, 2.24) is 9.80 Å². The molecule has 2 aromatic carbocycles. The minimum atomic E-state index is -0.358. The molecule has 25 heavy (non-hydrogen) atoms. The summed E-state index contributed by atoms with van der Waals surface area (Å²) in [6.45, 7) is 4.04. The summed E-state index contributed by atoms with van der Waals surface area (Å²) in [4.78, 5) is 28.4. The Kier molecular flexibility index (Phi) is 5.12. The Morgan fingerprint density at radius 2 is 1.52 bits per heavy atom. The van der Waals surface area contributed by atoms with Crippen LogP contribution in [-0.2, 0) is 11.2 Å². The SMILES string of the molecule is Cc1ccccc1CC(=O)N1CCN(C(=O)c2ccc(F)cc2)CC1. The Morgan fingerprint density at radius 1 is 0.920 bits per heavy atom. The third kappa shape index (κ3) is 4.05. The molecule has 0 atom stereocenters. The zero-order chi connectivity index (χ0) is 17.8. The van der Waals surface area contributed by atoms with Gasteiger partial charge in [-0.15, -0.1) is 0 Å². The van der Waals surface area contributed by atoms with Crippen molar-refractivity contribution in [2.45, 2.75) is 13.3 Å². The summed E-state index contributed by atoms with van der Waals surface area (Å²) < 4.78 is 13.0. The molecule has 0 bridgehead atoms. The largest absolute Gasteiger partial charge is 0.339 e. The molecule has 0 radical (unpaired) electrons. The van der Waals surface area contributed by atoms with Gasteiger partial charge in [-0.1, -0.05) is 24.3 Å². The van der Waals surface area contributed by atoms with E-state index in [1.807, 2.05) is 31.2 Å². The maximum absolute atomic E-state index is 13.0. The molecule has 0 saturated carbocycles. The Morgan fingerprint density at radius 3 is 2.16 bits per heavy atom. The van der Waals surface area contributed by atoms with Crippen LogP contribution < -0.4 is 0 Å². The first-order valence-electron chi connectivity index (χ1n) is 8.42. The van der Waals surface area contributed by atoms with Gasteiger partial charge in [0.1, 0.15) is 5.82 Å². The first-order chi connectivity index (χ1) is 12.0. The summed E-state index contributed by atoms with van der Waals surface area (Å²) in [6.07, 6.45) is 0.387. The second-order valence-electron chi connectivity index (χ2n) is 6.28. The molecule has 2 aromatic rings. The quantitative estimate of drug-likeness (QED) is 0.862. The van der Waals surface area contributed by atoms with Crippen LogP contribution in [0.15, 0.2) is 48.5 Å². The van der Waals surface area contributed by atoms with Crippen molar-refractivity contribution >= 4 is 11.8 Å². The van der Waals surface area contributed by atoms with E-state index in [0.717, 1.165) is 11.1 Å². The highest BCUT2D eigenvalue weighted by Crippen LogP contribution is 2.13. The third-order valence-electron chi connectivity index (χ3n) is 4.61. The van der Waals surface area contributed by atoms with E-state index < -0.39 is 0 Å². The van der Waals surface area contributed by atoms with E-state index in [0.29, 0.717) is 38.2 Å². The van der Waals surface area contributed by atoms with Gasteiger partial charge in [-0.25, -0.2) is 4.39 Å². The lowest BCUT2D eigenvalue weighted by molar-refractivity contribution is -0.131. The van der Waals surface area contributed by atoms with E-state index in [1.165, 1.54) is 24.3 Å². The number of carbonyl (C=O) groups is 2. The lowest BCUT2D eigenvalue weighted by atomic mass is 10.1. The molecule has 5 heteroatoms. The summed E-state index contributed by atoms with van der Waals surface area (Å²) >= 11 is 0. The van der Waals surface area contributed by atoms with Gasteiger partial charge < -0.3 is 9.80 Å². The topological polar surface area (TPSA) is 40.6 Å². The van der Waals surface area contributed by atoms with E-state index >= 15 is 0 Å². The minimum Gasteiger partial charge on any atom is -0.339 e. The highest BCUT2D eigenvalue weighted by molar-refractivity contribution is 5.94. The average Bonchev–Trinajstić information content (AvgIpc) is 2.64. The molecule has 130 valence electrons. The maximum Gasteiger partial charge on any atom is 0.253 e. The normalized spacial score (nSPS) is 14.5. The van der Waals surface area contributed by atoms with Gasteiger partial charge in [0.15, 0.2) is 0 Å². The van der Waals surface area contributed by atoms with Crippen LogP contribution in [0.1, 0.15) is 21.5 Å². The second kappa shape index (κ2) is 7.47. The van der Waals surface area contributed by atoms with Crippen LogP contribution in [0.4, 0.5) is 4.39 Å². The van der Waals surface area contributed by atoms with Crippen LogP contribution in [0.5, 0.6) is 0 Å². The number of aryl methyl sites for hydroxylation is 1. The summed E-state index contributed by atoms with van der Waals surface area (Å²) in [5.74, 6) is -0.391. The first-order valence-corrected chi connectivity index (χ1v) is 8.42. The molecule has 0 N–H and O–H groups in total. The van der Waals surface area contributed by atoms with Crippen molar-refractivity contribution in [1.29, 1.82) is 0 Å². The lowest BCUT2D eigenvalue weighted by Gasteiger charge is -2.35. The predicted octanol–water partition coefficient (Wildman–Crippen LogP) is 2.66. The summed E-state index contributed by atoms with van der Waals surface area (Å²) in [6, 6.07) is 13.4. The zero-order valence-corrected chi connectivity index (χ0v) is 14.2. The average molecular weight is 340 g/mol. The van der Waals surface area contributed by atoms with Gasteiger partial charge in [-0.2, -0.15) is 0 Å². The number of amides is 2. The molecule has 3 rings (SSSR count). The monoisotopic (exact) mass is 340 g/mol. The van der Waals surface area contributed by atoms with Crippen LogP contribution in [0, 0.1) is 12.7 Å². The van der Waals surface area contributed by atoms with Crippen LogP contribution in [-0.4, -0.2) is 47.8 Å². The van der Waals surface area contributed by atoms with Gasteiger partial charge in [0.25, 0.3) is 5.91 Å². The van der Waals surface area contributed by atoms with E-state index in [-0.39, 0.29) is 17.6 Å². The van der Waals surface area contributed by atoms with Crippen molar-refractivity contribution in [2.75, 3.05) is 26.2 Å². The Balaban J connectivity index is 1.56. The van der Waals surface area contributed by atoms with E-state index in [2.05, 4.69) is 0 Å².